The Morgan fingerprint density at radius 3 is 2.70 bits per heavy atom. The number of nitrogens with one attached hydrogen (secondary N) is 1. The molecule has 2 amide bonds. The summed E-state index contributed by atoms with van der Waals surface area (Å²) >= 11 is 9.58. The molecule has 1 unspecified atom stereocenters. The Morgan fingerprint density at radius 1 is 1.30 bits per heavy atom. The molecule has 106 valence electrons. The molecule has 20 heavy (non-hydrogen) atoms. The summed E-state index contributed by atoms with van der Waals surface area (Å²) in [6.45, 7) is 0.370. The van der Waals surface area contributed by atoms with Crippen LogP contribution in [0.4, 0.5) is 5.69 Å². The highest BCUT2D eigenvalue weighted by Crippen LogP contribution is 2.36. The van der Waals surface area contributed by atoms with E-state index in [9.17, 15) is 9.59 Å². The molecule has 2 fully saturated rings. The first-order valence-electron chi connectivity index (χ1n) is 6.62. The molecule has 3 rings (SSSR count). The molecule has 1 aliphatic heterocycles. The first kappa shape index (κ1) is 13.9. The maximum absolute atomic E-state index is 12.7. The predicted octanol–water partition coefficient (Wildman–Crippen LogP) is 2.73. The lowest BCUT2D eigenvalue weighted by atomic mass is 10.1. The van der Waals surface area contributed by atoms with Crippen molar-refractivity contribution >= 4 is 45.0 Å². The summed E-state index contributed by atoms with van der Waals surface area (Å²) in [7, 11) is 0. The summed E-state index contributed by atoms with van der Waals surface area (Å²) in [5.41, 5.74) is 0.669. The number of anilines is 1. The van der Waals surface area contributed by atoms with E-state index in [-0.39, 0.29) is 17.7 Å². The summed E-state index contributed by atoms with van der Waals surface area (Å²) in [5.74, 6) is 0.162. The number of halogens is 2. The summed E-state index contributed by atoms with van der Waals surface area (Å²) in [6.07, 6.45) is 2.30. The lowest BCUT2D eigenvalue weighted by molar-refractivity contribution is -0.126. The molecule has 1 aromatic carbocycles. The van der Waals surface area contributed by atoms with Crippen molar-refractivity contribution in [2.24, 2.45) is 5.92 Å². The molecular weight excluding hydrogens is 344 g/mol. The van der Waals surface area contributed by atoms with Crippen molar-refractivity contribution in [1.29, 1.82) is 0 Å². The zero-order chi connectivity index (χ0) is 14.3. The Balaban J connectivity index is 1.93. The predicted molar refractivity (Wildman–Crippen MR) is 80.8 cm³/mol. The van der Waals surface area contributed by atoms with Gasteiger partial charge in [0.1, 0.15) is 6.04 Å². The van der Waals surface area contributed by atoms with Gasteiger partial charge in [0.15, 0.2) is 0 Å². The van der Waals surface area contributed by atoms with Gasteiger partial charge < -0.3 is 10.2 Å². The summed E-state index contributed by atoms with van der Waals surface area (Å²) in [6, 6.07) is 5.02. The highest BCUT2D eigenvalue weighted by Gasteiger charge is 2.41. The number of hydrogen-bond donors (Lipinski definition) is 1. The highest BCUT2D eigenvalue weighted by atomic mass is 79.9. The Labute approximate surface area is 130 Å². The third kappa shape index (κ3) is 2.69. The number of carbonyl (C=O) groups excluding carboxylic acids is 2. The Kier molecular flexibility index (Phi) is 3.73. The normalized spacial score (nSPS) is 23.5. The van der Waals surface area contributed by atoms with Crippen LogP contribution in [-0.4, -0.2) is 24.4 Å². The molecule has 4 nitrogen and oxygen atoms in total. The van der Waals surface area contributed by atoms with Gasteiger partial charge in [-0.25, -0.2) is 0 Å². The van der Waals surface area contributed by atoms with Gasteiger partial charge >= 0.3 is 0 Å². The van der Waals surface area contributed by atoms with Crippen LogP contribution in [0.5, 0.6) is 0 Å². The van der Waals surface area contributed by atoms with Crippen molar-refractivity contribution in [2.75, 3.05) is 11.4 Å². The number of carbonyl (C=O) groups is 2. The fourth-order valence-electron chi connectivity index (χ4n) is 2.49. The zero-order valence-corrected chi connectivity index (χ0v) is 13.1. The van der Waals surface area contributed by atoms with Crippen molar-refractivity contribution in [3.8, 4) is 0 Å². The van der Waals surface area contributed by atoms with E-state index >= 15 is 0 Å². The van der Waals surface area contributed by atoms with Gasteiger partial charge in [0.2, 0.25) is 11.8 Å². The van der Waals surface area contributed by atoms with Gasteiger partial charge in [-0.05, 0) is 37.0 Å². The summed E-state index contributed by atoms with van der Waals surface area (Å²) in [4.78, 5) is 26.0. The molecular formula is C14H14BrClN2O2. The third-order valence-corrected chi connectivity index (χ3v) is 4.50. The lowest BCUT2D eigenvalue weighted by Crippen LogP contribution is -2.46. The van der Waals surface area contributed by atoms with Crippen LogP contribution in [0.3, 0.4) is 0 Å². The minimum Gasteiger partial charge on any atom is -0.344 e. The van der Waals surface area contributed by atoms with Gasteiger partial charge in [-0.3, -0.25) is 9.59 Å². The molecule has 1 saturated heterocycles. The van der Waals surface area contributed by atoms with Gasteiger partial charge in [0, 0.05) is 17.4 Å². The highest BCUT2D eigenvalue weighted by molar-refractivity contribution is 9.10. The minimum atomic E-state index is -0.398. The fraction of sp³-hybridized carbons (Fsp3) is 0.429. The standard InChI is InChI=1S/C14H14BrClN2O2/c15-9-3-4-11(10(16)7-9)18-6-5-12(19)17-13(14(18)20)8-1-2-8/h3-4,7-8,13H,1-2,5-6H2,(H,17,19). The van der Waals surface area contributed by atoms with E-state index in [0.29, 0.717) is 23.7 Å². The molecule has 1 saturated carbocycles. The maximum atomic E-state index is 12.7. The van der Waals surface area contributed by atoms with E-state index in [4.69, 9.17) is 11.6 Å². The molecule has 1 aromatic rings. The van der Waals surface area contributed by atoms with E-state index in [1.165, 1.54) is 0 Å². The Hall–Kier alpha value is -1.07. The average molecular weight is 358 g/mol. The van der Waals surface area contributed by atoms with Crippen LogP contribution >= 0.6 is 27.5 Å². The Bertz CT molecular complexity index is 574. The number of rotatable bonds is 2. The monoisotopic (exact) mass is 356 g/mol. The molecule has 1 heterocycles. The van der Waals surface area contributed by atoms with Crippen molar-refractivity contribution < 1.29 is 9.59 Å². The van der Waals surface area contributed by atoms with Crippen LogP contribution in [0, 0.1) is 5.92 Å². The number of nitrogens with zero attached hydrogens (tertiary/aromatic N) is 1. The SMILES string of the molecule is O=C1CCN(c2ccc(Br)cc2Cl)C(=O)C(C2CC2)N1. The first-order valence-corrected chi connectivity index (χ1v) is 7.79. The Morgan fingerprint density at radius 2 is 2.05 bits per heavy atom. The number of benzene rings is 1. The topological polar surface area (TPSA) is 49.4 Å². The van der Waals surface area contributed by atoms with E-state index < -0.39 is 6.04 Å². The molecule has 1 N–H and O–H groups in total. The van der Waals surface area contributed by atoms with Gasteiger partial charge in [-0.15, -0.1) is 0 Å². The largest absolute Gasteiger partial charge is 0.344 e. The molecule has 0 aromatic heterocycles. The van der Waals surface area contributed by atoms with Crippen LogP contribution in [0.2, 0.25) is 5.02 Å². The molecule has 0 radical (unpaired) electrons. The smallest absolute Gasteiger partial charge is 0.249 e. The van der Waals surface area contributed by atoms with Crippen LogP contribution in [-0.2, 0) is 9.59 Å². The second kappa shape index (κ2) is 5.37. The second-order valence-corrected chi connectivity index (χ2v) is 6.54. The van der Waals surface area contributed by atoms with Crippen LogP contribution in [0.1, 0.15) is 19.3 Å². The summed E-state index contributed by atoms with van der Waals surface area (Å²) < 4.78 is 0.862. The van der Waals surface area contributed by atoms with Gasteiger partial charge in [0.05, 0.1) is 10.7 Å². The fourth-order valence-corrected chi connectivity index (χ4v) is 3.26. The second-order valence-electron chi connectivity index (χ2n) is 5.22. The molecule has 0 bridgehead atoms. The van der Waals surface area contributed by atoms with Crippen LogP contribution in [0.25, 0.3) is 0 Å². The molecule has 0 spiro atoms. The van der Waals surface area contributed by atoms with E-state index in [1.807, 2.05) is 12.1 Å². The van der Waals surface area contributed by atoms with Crippen molar-refractivity contribution in [3.63, 3.8) is 0 Å². The first-order chi connectivity index (χ1) is 9.56. The minimum absolute atomic E-state index is 0.0532. The molecule has 6 heteroatoms. The van der Waals surface area contributed by atoms with E-state index in [1.54, 1.807) is 11.0 Å². The van der Waals surface area contributed by atoms with E-state index in [0.717, 1.165) is 17.3 Å². The lowest BCUT2D eigenvalue weighted by Gasteiger charge is -2.25. The van der Waals surface area contributed by atoms with Crippen LogP contribution < -0.4 is 10.2 Å². The number of hydrogen-bond acceptors (Lipinski definition) is 2. The van der Waals surface area contributed by atoms with Crippen molar-refractivity contribution in [1.82, 2.24) is 5.32 Å². The number of amides is 2. The third-order valence-electron chi connectivity index (χ3n) is 3.70. The molecule has 1 aliphatic carbocycles. The molecule has 1 atom stereocenters. The molecule has 2 aliphatic rings. The zero-order valence-electron chi connectivity index (χ0n) is 10.7. The van der Waals surface area contributed by atoms with Crippen LogP contribution in [0.15, 0.2) is 22.7 Å². The van der Waals surface area contributed by atoms with E-state index in [2.05, 4.69) is 21.2 Å². The maximum Gasteiger partial charge on any atom is 0.249 e. The summed E-state index contributed by atoms with van der Waals surface area (Å²) in [5, 5.41) is 3.35. The van der Waals surface area contributed by atoms with Gasteiger partial charge in [0.25, 0.3) is 0 Å². The van der Waals surface area contributed by atoms with Crippen molar-refractivity contribution in [3.05, 3.63) is 27.7 Å². The van der Waals surface area contributed by atoms with Gasteiger partial charge in [-0.1, -0.05) is 27.5 Å². The van der Waals surface area contributed by atoms with Crippen molar-refractivity contribution in [2.45, 2.75) is 25.3 Å². The average Bonchev–Trinajstić information content (AvgIpc) is 3.21. The quantitative estimate of drug-likeness (QED) is 0.885. The van der Waals surface area contributed by atoms with Gasteiger partial charge in [-0.2, -0.15) is 0 Å².